The van der Waals surface area contributed by atoms with Crippen LogP contribution in [-0.4, -0.2) is 58.7 Å². The predicted molar refractivity (Wildman–Crippen MR) is 224 cm³/mol. The maximum atomic E-state index is 11.3. The van der Waals surface area contributed by atoms with E-state index in [4.69, 9.17) is 10.0 Å². The highest BCUT2D eigenvalue weighted by Crippen LogP contribution is 2.30. The number of nitrogens with one attached hydrogen (secondary N) is 2. The van der Waals surface area contributed by atoms with E-state index in [2.05, 4.69) is 92.7 Å². The molecule has 3 aliphatic heterocycles. The molecule has 0 saturated carbocycles. The molecule has 4 N–H and O–H groups in total. The number of aromatic nitrogens is 6. The van der Waals surface area contributed by atoms with Crippen molar-refractivity contribution >= 4 is 51.7 Å². The van der Waals surface area contributed by atoms with Gasteiger partial charge in [-0.3, -0.25) is 29.1 Å². The van der Waals surface area contributed by atoms with E-state index in [1.807, 2.05) is 54.9 Å². The lowest BCUT2D eigenvalue weighted by atomic mass is 9.82. The van der Waals surface area contributed by atoms with Crippen LogP contribution in [0.2, 0.25) is 0 Å². The first-order valence-corrected chi connectivity index (χ1v) is 19.2. The number of carbonyl (C=O) groups excluding carboxylic acids is 2. The van der Waals surface area contributed by atoms with Gasteiger partial charge in [-0.15, -0.1) is 10.2 Å². The van der Waals surface area contributed by atoms with Crippen LogP contribution in [-0.2, 0) is 35.3 Å². The van der Waals surface area contributed by atoms with E-state index in [1.54, 1.807) is 37.1 Å². The lowest BCUT2D eigenvalue weighted by molar-refractivity contribution is -0.117. The van der Waals surface area contributed by atoms with Gasteiger partial charge in [0, 0.05) is 77.8 Å². The molecule has 57 heavy (non-hydrogen) atoms. The van der Waals surface area contributed by atoms with E-state index in [-0.39, 0.29) is 11.8 Å². The Kier molecular flexibility index (Phi) is 12.6. The van der Waals surface area contributed by atoms with E-state index in [0.717, 1.165) is 64.0 Å². The van der Waals surface area contributed by atoms with E-state index in [9.17, 15) is 9.59 Å². The van der Waals surface area contributed by atoms with Gasteiger partial charge in [-0.25, -0.2) is 0 Å². The summed E-state index contributed by atoms with van der Waals surface area (Å²) in [7, 11) is -1.40. The van der Waals surface area contributed by atoms with Crippen LogP contribution in [0, 0.1) is 0 Å². The Morgan fingerprint density at radius 1 is 0.596 bits per heavy atom. The van der Waals surface area contributed by atoms with Gasteiger partial charge in [0.2, 0.25) is 11.8 Å². The normalized spacial score (nSPS) is 13.1. The van der Waals surface area contributed by atoms with E-state index < -0.39 is 7.12 Å². The minimum Gasteiger partial charge on any atom is -0.423 e. The van der Waals surface area contributed by atoms with Crippen molar-refractivity contribution in [2.24, 2.45) is 0 Å². The van der Waals surface area contributed by atoms with Crippen LogP contribution in [0.15, 0.2) is 139 Å². The summed E-state index contributed by atoms with van der Waals surface area (Å²) in [6.45, 7) is 0. The molecule has 0 atom stereocenters. The second-order valence-electron chi connectivity index (χ2n) is 13.4. The van der Waals surface area contributed by atoms with Crippen LogP contribution < -0.4 is 16.1 Å². The SMILES string of the molecule is O=C1CCc2cc(-c3cccnc3)ccc2N1.O=C1CCc2cc(Br)ccc2N1.OB(O)c1cccnc1.c1cncc(-c2ccc3c(c2)CCc2nncn2-3)c1. The van der Waals surface area contributed by atoms with Gasteiger partial charge in [-0.1, -0.05) is 46.3 Å². The molecule has 0 fully saturated rings. The van der Waals surface area contributed by atoms with Crippen LogP contribution in [0.25, 0.3) is 27.9 Å². The molecule has 0 bridgehead atoms. The number of amides is 2. The third-order valence-electron chi connectivity index (χ3n) is 9.51. The summed E-state index contributed by atoms with van der Waals surface area (Å²) < 4.78 is 3.14. The molecule has 12 nitrogen and oxygen atoms in total. The zero-order valence-electron chi connectivity index (χ0n) is 30.8. The summed E-state index contributed by atoms with van der Waals surface area (Å²) in [5.74, 6) is 1.26. The monoisotopic (exact) mass is 820 g/mol. The minimum absolute atomic E-state index is 0.103. The summed E-state index contributed by atoms with van der Waals surface area (Å²) in [5, 5.41) is 30.9. The number of rotatable bonds is 3. The molecule has 10 rings (SSSR count). The van der Waals surface area contributed by atoms with Crippen LogP contribution in [0.4, 0.5) is 11.4 Å². The average molecular weight is 822 g/mol. The first-order chi connectivity index (χ1) is 27.8. The zero-order valence-corrected chi connectivity index (χ0v) is 32.4. The highest BCUT2D eigenvalue weighted by Gasteiger charge is 2.18. The molecule has 0 spiro atoms. The van der Waals surface area contributed by atoms with E-state index >= 15 is 0 Å². The Balaban J connectivity index is 0.000000121. The summed E-state index contributed by atoms with van der Waals surface area (Å²) in [6, 6.07) is 29.8. The largest absolute Gasteiger partial charge is 0.490 e. The smallest absolute Gasteiger partial charge is 0.423 e. The van der Waals surface area contributed by atoms with Gasteiger partial charge in [0.05, 0.1) is 5.69 Å². The van der Waals surface area contributed by atoms with Gasteiger partial charge >= 0.3 is 7.12 Å². The fourth-order valence-corrected chi connectivity index (χ4v) is 7.00. The number of nitrogens with zero attached hydrogens (tertiary/aromatic N) is 6. The Hall–Kier alpha value is -6.35. The molecular formula is C43H38BBrN8O4. The summed E-state index contributed by atoms with van der Waals surface area (Å²) in [6.07, 6.45) is 16.9. The third-order valence-corrected chi connectivity index (χ3v) is 10.0. The number of carbonyl (C=O) groups is 2. The van der Waals surface area contributed by atoms with Crippen LogP contribution >= 0.6 is 15.9 Å². The van der Waals surface area contributed by atoms with Gasteiger partial charge in [0.1, 0.15) is 12.2 Å². The van der Waals surface area contributed by atoms with Crippen molar-refractivity contribution in [3.63, 3.8) is 0 Å². The number of pyridine rings is 3. The Morgan fingerprint density at radius 3 is 1.74 bits per heavy atom. The molecule has 14 heteroatoms. The quantitative estimate of drug-likeness (QED) is 0.153. The van der Waals surface area contributed by atoms with Crippen molar-refractivity contribution in [1.29, 1.82) is 0 Å². The van der Waals surface area contributed by atoms with E-state index in [0.29, 0.717) is 18.3 Å². The Bertz CT molecular complexity index is 2470. The Labute approximate surface area is 338 Å². The molecule has 284 valence electrons. The predicted octanol–water partition coefficient (Wildman–Crippen LogP) is 6.16. The minimum atomic E-state index is -1.40. The number of benzene rings is 3. The fourth-order valence-electron chi connectivity index (χ4n) is 6.59. The van der Waals surface area contributed by atoms with Crippen molar-refractivity contribution < 1.29 is 19.6 Å². The summed E-state index contributed by atoms with van der Waals surface area (Å²) >= 11 is 3.39. The highest BCUT2D eigenvalue weighted by atomic mass is 79.9. The molecule has 4 aromatic heterocycles. The summed E-state index contributed by atoms with van der Waals surface area (Å²) in [5.41, 5.74) is 11.9. The van der Waals surface area contributed by atoms with Crippen LogP contribution in [0.1, 0.15) is 35.4 Å². The molecule has 0 aliphatic carbocycles. The van der Waals surface area contributed by atoms with Crippen LogP contribution in [0.3, 0.4) is 0 Å². The second kappa shape index (κ2) is 18.5. The number of hydrogen-bond acceptors (Lipinski definition) is 9. The first-order valence-electron chi connectivity index (χ1n) is 18.4. The number of aryl methyl sites for hydroxylation is 4. The highest BCUT2D eigenvalue weighted by molar-refractivity contribution is 9.10. The fraction of sp³-hybridized carbons (Fsp3) is 0.140. The van der Waals surface area contributed by atoms with Crippen LogP contribution in [0.5, 0.6) is 0 Å². The molecule has 7 heterocycles. The zero-order chi connectivity index (χ0) is 39.6. The Morgan fingerprint density at radius 2 is 1.16 bits per heavy atom. The van der Waals surface area contributed by atoms with Gasteiger partial charge < -0.3 is 20.7 Å². The average Bonchev–Trinajstić information content (AvgIpc) is 3.75. The number of fused-ring (bicyclic) bond motifs is 5. The van der Waals surface area contributed by atoms with Gasteiger partial charge in [-0.05, 0) is 119 Å². The number of hydrogen-bond donors (Lipinski definition) is 4. The molecular weight excluding hydrogens is 783 g/mol. The third kappa shape index (κ3) is 10.1. The van der Waals surface area contributed by atoms with Crippen molar-refractivity contribution in [2.75, 3.05) is 10.6 Å². The lowest BCUT2D eigenvalue weighted by Crippen LogP contribution is -2.29. The maximum Gasteiger partial charge on any atom is 0.490 e. The molecule has 3 aliphatic rings. The van der Waals surface area contributed by atoms with E-state index in [1.165, 1.54) is 34.1 Å². The molecule has 0 unspecified atom stereocenters. The number of anilines is 2. The van der Waals surface area contributed by atoms with Crippen molar-refractivity contribution in [3.05, 3.63) is 161 Å². The van der Waals surface area contributed by atoms with Gasteiger partial charge in [-0.2, -0.15) is 0 Å². The number of halogens is 1. The molecule has 3 aromatic carbocycles. The lowest BCUT2D eigenvalue weighted by Gasteiger charge is -2.18. The molecule has 0 radical (unpaired) electrons. The maximum absolute atomic E-state index is 11.3. The van der Waals surface area contributed by atoms with Crippen molar-refractivity contribution in [2.45, 2.75) is 38.5 Å². The standard InChI is InChI=1S/C15H12N4.C14H12N2O.C9H8BrNO.C5H6BNO2/c1-2-13(9-16-7-1)11-3-5-14-12(8-11)4-6-15-18-17-10-19(14)15;17-14-6-4-11-8-10(3-5-13(11)16-14)12-2-1-7-15-9-12;10-7-2-3-8-6(5-7)1-4-9(12)11-8;8-6(9)5-2-1-3-7-4-5/h1-3,5,7-10H,4,6H2;1-3,5,7-9H,4,6H2,(H,16,17);2-3,5H,1,4H2,(H,11,12);1-4,8-9H. The molecule has 7 aromatic rings. The topological polar surface area (TPSA) is 168 Å². The summed E-state index contributed by atoms with van der Waals surface area (Å²) in [4.78, 5) is 34.2. The van der Waals surface area contributed by atoms with Gasteiger partial charge in [0.15, 0.2) is 0 Å². The molecule has 0 saturated heterocycles. The van der Waals surface area contributed by atoms with Gasteiger partial charge in [0.25, 0.3) is 0 Å². The second-order valence-corrected chi connectivity index (χ2v) is 14.3. The first kappa shape index (κ1) is 38.9. The molecule has 2 amide bonds. The van der Waals surface area contributed by atoms with Crippen molar-refractivity contribution in [1.82, 2.24) is 29.7 Å². The van der Waals surface area contributed by atoms with Crippen molar-refractivity contribution in [3.8, 4) is 27.9 Å².